The molecule has 0 unspecified atom stereocenters. The third-order valence-electron chi connectivity index (χ3n) is 6.25. The lowest BCUT2D eigenvalue weighted by atomic mass is 9.95. The number of Topliss-reactive ketones (excluding diaryl/α,β-unsaturated/α-hetero) is 1. The number of carbonyl (C=O) groups excluding carboxylic acids is 2. The molecule has 1 aliphatic heterocycles. The van der Waals surface area contributed by atoms with Crippen molar-refractivity contribution in [1.29, 1.82) is 0 Å². The number of aliphatic hydroxyl groups is 1. The summed E-state index contributed by atoms with van der Waals surface area (Å²) in [6, 6.07) is 16.7. The van der Waals surface area contributed by atoms with Gasteiger partial charge in [0.05, 0.1) is 43.2 Å². The zero-order chi connectivity index (χ0) is 26.3. The van der Waals surface area contributed by atoms with Gasteiger partial charge in [-0.3, -0.25) is 14.5 Å². The molecule has 0 spiro atoms. The van der Waals surface area contributed by atoms with Gasteiger partial charge in [0.15, 0.2) is 16.6 Å². The van der Waals surface area contributed by atoms with E-state index >= 15 is 0 Å². The second-order valence-electron chi connectivity index (χ2n) is 8.48. The van der Waals surface area contributed by atoms with Crippen LogP contribution in [0, 0.1) is 6.92 Å². The molecule has 1 amide bonds. The predicted molar refractivity (Wildman–Crippen MR) is 142 cm³/mol. The molecule has 0 bridgehead atoms. The summed E-state index contributed by atoms with van der Waals surface area (Å²) in [4.78, 5) is 33.0. The Morgan fingerprint density at radius 3 is 2.46 bits per heavy atom. The lowest BCUT2D eigenvalue weighted by molar-refractivity contribution is -0.132. The van der Waals surface area contributed by atoms with Gasteiger partial charge in [-0.1, -0.05) is 35.6 Å². The van der Waals surface area contributed by atoms with Crippen LogP contribution in [-0.2, 0) is 9.59 Å². The van der Waals surface area contributed by atoms with E-state index in [0.717, 1.165) is 10.3 Å². The van der Waals surface area contributed by atoms with E-state index in [0.29, 0.717) is 39.0 Å². The Balaban J connectivity index is 1.75. The maximum atomic E-state index is 13.5. The van der Waals surface area contributed by atoms with Gasteiger partial charge in [0.25, 0.3) is 5.78 Å². The van der Waals surface area contributed by atoms with E-state index in [2.05, 4.69) is 4.98 Å². The van der Waals surface area contributed by atoms with Gasteiger partial charge in [-0.05, 0) is 54.4 Å². The van der Waals surface area contributed by atoms with Crippen molar-refractivity contribution in [2.75, 3.05) is 26.2 Å². The number of aromatic nitrogens is 1. The molecule has 3 aromatic carbocycles. The van der Waals surface area contributed by atoms with Crippen molar-refractivity contribution in [3.05, 3.63) is 82.9 Å². The van der Waals surface area contributed by atoms with E-state index in [1.165, 1.54) is 37.6 Å². The van der Waals surface area contributed by atoms with Crippen LogP contribution in [0.25, 0.3) is 16.0 Å². The summed E-state index contributed by atoms with van der Waals surface area (Å²) in [6.45, 7) is 1.98. The number of hydrogen-bond acceptors (Lipinski definition) is 8. The van der Waals surface area contributed by atoms with Crippen LogP contribution in [0.4, 0.5) is 5.13 Å². The van der Waals surface area contributed by atoms with Crippen molar-refractivity contribution in [2.24, 2.45) is 0 Å². The Labute approximate surface area is 217 Å². The predicted octanol–water partition coefficient (Wildman–Crippen LogP) is 5.26. The zero-order valence-corrected chi connectivity index (χ0v) is 21.5. The first-order valence-corrected chi connectivity index (χ1v) is 12.2. The molecule has 2 heterocycles. The molecule has 8 nitrogen and oxygen atoms in total. The number of hydrogen-bond donors (Lipinski definition) is 1. The molecular formula is C28H24N2O6S. The van der Waals surface area contributed by atoms with E-state index in [9.17, 15) is 14.7 Å². The van der Waals surface area contributed by atoms with Crippen molar-refractivity contribution in [3.63, 3.8) is 0 Å². The van der Waals surface area contributed by atoms with E-state index in [1.807, 2.05) is 25.1 Å². The van der Waals surface area contributed by atoms with E-state index < -0.39 is 17.7 Å². The maximum absolute atomic E-state index is 13.5. The lowest BCUT2D eigenvalue weighted by Gasteiger charge is -2.23. The van der Waals surface area contributed by atoms with Gasteiger partial charge in [-0.25, -0.2) is 4.98 Å². The molecular weight excluding hydrogens is 492 g/mol. The van der Waals surface area contributed by atoms with Crippen molar-refractivity contribution in [1.82, 2.24) is 4.98 Å². The standard InChI is InChI=1S/C28H24N2O6S/c1-15-8-10-19-22(12-15)37-28(29-19)30-24(16-9-11-20(35-3)21(14-16)36-4)23(26(32)27(30)33)25(31)17-6-5-7-18(13-17)34-2/h5-14,24,31H,1-4H3/t24-/m0/s1. The number of nitrogens with zero attached hydrogens (tertiary/aromatic N) is 2. The smallest absolute Gasteiger partial charge is 0.301 e. The van der Waals surface area contributed by atoms with Crippen molar-refractivity contribution in [3.8, 4) is 17.2 Å². The van der Waals surface area contributed by atoms with Gasteiger partial charge < -0.3 is 19.3 Å². The van der Waals surface area contributed by atoms with Gasteiger partial charge >= 0.3 is 5.91 Å². The summed E-state index contributed by atoms with van der Waals surface area (Å²) in [7, 11) is 4.54. The number of ether oxygens (including phenoxy) is 3. The van der Waals surface area contributed by atoms with Crippen molar-refractivity contribution >= 4 is 44.1 Å². The number of methoxy groups -OCH3 is 3. The fourth-order valence-corrected chi connectivity index (χ4v) is 5.51. The molecule has 1 aliphatic rings. The fraction of sp³-hybridized carbons (Fsp3) is 0.179. The third kappa shape index (κ3) is 4.17. The summed E-state index contributed by atoms with van der Waals surface area (Å²) in [5.41, 5.74) is 2.62. The molecule has 0 radical (unpaired) electrons. The highest BCUT2D eigenvalue weighted by atomic mass is 32.1. The second-order valence-corrected chi connectivity index (χ2v) is 9.49. The number of rotatable bonds is 6. The molecule has 37 heavy (non-hydrogen) atoms. The van der Waals surface area contributed by atoms with Gasteiger partial charge in [0, 0.05) is 5.56 Å². The number of anilines is 1. The average molecular weight is 517 g/mol. The molecule has 1 N–H and O–H groups in total. The number of fused-ring (bicyclic) bond motifs is 1. The molecule has 1 atom stereocenters. The SMILES string of the molecule is COc1cccc(C(O)=C2C(=O)C(=O)N(c3nc4ccc(C)cc4s3)[C@H]2c2ccc(OC)c(OC)c2)c1. The molecule has 188 valence electrons. The van der Waals surface area contributed by atoms with Crippen LogP contribution in [0.2, 0.25) is 0 Å². The first kappa shape index (κ1) is 24.3. The Morgan fingerprint density at radius 1 is 0.946 bits per heavy atom. The second kappa shape index (κ2) is 9.59. The van der Waals surface area contributed by atoms with E-state index in [1.54, 1.807) is 42.5 Å². The Hall–Kier alpha value is -4.37. The summed E-state index contributed by atoms with van der Waals surface area (Å²) in [6.07, 6.45) is 0. The maximum Gasteiger partial charge on any atom is 0.301 e. The monoisotopic (exact) mass is 516 g/mol. The van der Waals surface area contributed by atoms with Crippen LogP contribution in [0.1, 0.15) is 22.7 Å². The Morgan fingerprint density at radius 2 is 1.73 bits per heavy atom. The minimum atomic E-state index is -0.951. The van der Waals surface area contributed by atoms with Crippen LogP contribution in [0.15, 0.2) is 66.2 Å². The Kier molecular flexibility index (Phi) is 6.31. The number of aliphatic hydroxyl groups excluding tert-OH is 1. The van der Waals surface area contributed by atoms with Crippen LogP contribution in [0.5, 0.6) is 17.2 Å². The number of amides is 1. The quantitative estimate of drug-likeness (QED) is 0.212. The highest BCUT2D eigenvalue weighted by Crippen LogP contribution is 2.46. The molecule has 4 aromatic rings. The van der Waals surface area contributed by atoms with Gasteiger partial charge in [0.2, 0.25) is 0 Å². The topological polar surface area (TPSA) is 98.2 Å². The Bertz CT molecular complexity index is 1570. The molecule has 0 saturated carbocycles. The summed E-state index contributed by atoms with van der Waals surface area (Å²) < 4.78 is 17.0. The third-order valence-corrected chi connectivity index (χ3v) is 7.27. The highest BCUT2D eigenvalue weighted by Gasteiger charge is 2.48. The zero-order valence-electron chi connectivity index (χ0n) is 20.6. The van der Waals surface area contributed by atoms with Gasteiger partial charge in [-0.15, -0.1) is 0 Å². The first-order valence-electron chi connectivity index (χ1n) is 11.4. The average Bonchev–Trinajstić information content (AvgIpc) is 3.45. The fourth-order valence-electron chi connectivity index (χ4n) is 4.42. The molecule has 1 saturated heterocycles. The number of carbonyl (C=O) groups is 2. The van der Waals surface area contributed by atoms with Crippen LogP contribution >= 0.6 is 11.3 Å². The number of thiazole rings is 1. The number of ketones is 1. The molecule has 0 aliphatic carbocycles. The summed E-state index contributed by atoms with van der Waals surface area (Å²) >= 11 is 1.31. The summed E-state index contributed by atoms with van der Waals surface area (Å²) in [5, 5.41) is 11.7. The number of aryl methyl sites for hydroxylation is 1. The van der Waals surface area contributed by atoms with E-state index in [4.69, 9.17) is 14.2 Å². The normalized spacial score (nSPS) is 16.9. The van der Waals surface area contributed by atoms with Crippen LogP contribution in [0.3, 0.4) is 0 Å². The summed E-state index contributed by atoms with van der Waals surface area (Å²) in [5.74, 6) is -0.479. The molecule has 5 rings (SSSR count). The highest BCUT2D eigenvalue weighted by molar-refractivity contribution is 7.22. The first-order chi connectivity index (χ1) is 17.9. The van der Waals surface area contributed by atoms with Crippen molar-refractivity contribution in [2.45, 2.75) is 13.0 Å². The van der Waals surface area contributed by atoms with E-state index in [-0.39, 0.29) is 11.3 Å². The van der Waals surface area contributed by atoms with Gasteiger partial charge in [0.1, 0.15) is 11.5 Å². The van der Waals surface area contributed by atoms with Crippen LogP contribution < -0.4 is 19.1 Å². The molecule has 1 fully saturated rings. The van der Waals surface area contributed by atoms with Crippen molar-refractivity contribution < 1.29 is 28.9 Å². The minimum Gasteiger partial charge on any atom is -0.507 e. The molecule has 9 heteroatoms. The lowest BCUT2D eigenvalue weighted by Crippen LogP contribution is -2.29. The minimum absolute atomic E-state index is 0.0547. The van der Waals surface area contributed by atoms with Gasteiger partial charge in [-0.2, -0.15) is 0 Å². The molecule has 1 aromatic heterocycles. The number of benzene rings is 3. The van der Waals surface area contributed by atoms with Crippen LogP contribution in [-0.4, -0.2) is 43.1 Å². The largest absolute Gasteiger partial charge is 0.507 e.